The molecule has 1 aromatic heterocycles. The molecule has 0 saturated heterocycles. The number of aromatic nitrogens is 3. The summed E-state index contributed by atoms with van der Waals surface area (Å²) < 4.78 is 0. The summed E-state index contributed by atoms with van der Waals surface area (Å²) in [4.78, 5) is 27.6. The summed E-state index contributed by atoms with van der Waals surface area (Å²) in [6.07, 6.45) is 0. The Morgan fingerprint density at radius 1 is 1.08 bits per heavy atom. The lowest BCUT2D eigenvalue weighted by Gasteiger charge is -2.04. The van der Waals surface area contributed by atoms with Gasteiger partial charge in [0.1, 0.15) is 0 Å². The molecule has 0 saturated carbocycles. The van der Waals surface area contributed by atoms with E-state index in [4.69, 9.17) is 0 Å². The first-order chi connectivity index (χ1) is 12.1. The fourth-order valence-electron chi connectivity index (χ4n) is 2.15. The van der Waals surface area contributed by atoms with Gasteiger partial charge < -0.3 is 5.32 Å². The van der Waals surface area contributed by atoms with E-state index in [1.54, 1.807) is 24.3 Å². The van der Waals surface area contributed by atoms with Crippen LogP contribution in [0.5, 0.6) is 0 Å². The second-order valence-corrected chi connectivity index (χ2v) is 6.25. The van der Waals surface area contributed by atoms with Crippen LogP contribution in [-0.2, 0) is 4.79 Å². The van der Waals surface area contributed by atoms with Crippen LogP contribution in [-0.4, -0.2) is 32.6 Å². The highest BCUT2D eigenvalue weighted by molar-refractivity contribution is 7.99. The number of hydrogen-bond acceptors (Lipinski definition) is 5. The monoisotopic (exact) mass is 352 g/mol. The molecule has 1 heterocycles. The molecule has 6 nitrogen and oxygen atoms in total. The van der Waals surface area contributed by atoms with Gasteiger partial charge in [-0.2, -0.15) is 0 Å². The number of nitrogens with one attached hydrogen (secondary N) is 2. The molecule has 25 heavy (non-hydrogen) atoms. The molecule has 3 rings (SSSR count). The number of rotatable bonds is 6. The normalized spacial score (nSPS) is 10.4. The average Bonchev–Trinajstić information content (AvgIpc) is 3.10. The van der Waals surface area contributed by atoms with Crippen molar-refractivity contribution in [3.8, 4) is 11.4 Å². The number of H-pyrrole nitrogens is 1. The minimum Gasteiger partial charge on any atom is -0.325 e. The summed E-state index contributed by atoms with van der Waals surface area (Å²) in [6, 6.07) is 16.4. The molecule has 0 aliphatic heterocycles. The third-order valence-electron chi connectivity index (χ3n) is 3.42. The van der Waals surface area contributed by atoms with Crippen LogP contribution in [0.3, 0.4) is 0 Å². The minimum atomic E-state index is -0.161. The van der Waals surface area contributed by atoms with Crippen molar-refractivity contribution in [2.24, 2.45) is 0 Å². The summed E-state index contributed by atoms with van der Waals surface area (Å²) in [5.41, 5.74) is 2.20. The van der Waals surface area contributed by atoms with Crippen molar-refractivity contribution in [1.29, 1.82) is 0 Å². The fraction of sp³-hybridized carbons (Fsp3) is 0.111. The Kier molecular flexibility index (Phi) is 5.25. The van der Waals surface area contributed by atoms with E-state index < -0.39 is 0 Å². The minimum absolute atomic E-state index is 0.00717. The quantitative estimate of drug-likeness (QED) is 0.524. The molecule has 0 atom stereocenters. The molecular weight excluding hydrogens is 336 g/mol. The Morgan fingerprint density at radius 2 is 1.80 bits per heavy atom. The number of carbonyl (C=O) groups excluding carboxylic acids is 2. The van der Waals surface area contributed by atoms with E-state index in [0.29, 0.717) is 22.2 Å². The third kappa shape index (κ3) is 4.54. The maximum atomic E-state index is 12.0. The molecule has 7 heteroatoms. The van der Waals surface area contributed by atoms with Gasteiger partial charge in [0.25, 0.3) is 0 Å². The molecule has 0 bridgehead atoms. The van der Waals surface area contributed by atoms with Gasteiger partial charge in [0.15, 0.2) is 11.6 Å². The van der Waals surface area contributed by atoms with E-state index in [9.17, 15) is 9.59 Å². The summed E-state index contributed by atoms with van der Waals surface area (Å²) >= 11 is 1.25. The van der Waals surface area contributed by atoms with Crippen LogP contribution in [0.15, 0.2) is 59.8 Å². The lowest BCUT2D eigenvalue weighted by molar-refractivity contribution is -0.113. The summed E-state index contributed by atoms with van der Waals surface area (Å²) in [7, 11) is 0. The zero-order valence-electron chi connectivity index (χ0n) is 13.5. The predicted molar refractivity (Wildman–Crippen MR) is 97.6 cm³/mol. The Bertz CT molecular complexity index is 876. The van der Waals surface area contributed by atoms with Gasteiger partial charge in [-0.15, -0.1) is 5.10 Å². The molecule has 2 aromatic carbocycles. The van der Waals surface area contributed by atoms with Gasteiger partial charge in [0.2, 0.25) is 11.1 Å². The number of nitrogens with zero attached hydrogens (tertiary/aromatic N) is 2. The van der Waals surface area contributed by atoms with Crippen molar-refractivity contribution in [1.82, 2.24) is 15.2 Å². The third-order valence-corrected chi connectivity index (χ3v) is 4.27. The maximum Gasteiger partial charge on any atom is 0.234 e. The van der Waals surface area contributed by atoms with Gasteiger partial charge >= 0.3 is 0 Å². The van der Waals surface area contributed by atoms with Crippen LogP contribution in [0.1, 0.15) is 17.3 Å². The zero-order valence-corrected chi connectivity index (χ0v) is 14.3. The SMILES string of the molecule is CC(=O)c1ccc(NC(=O)CSc2n[nH]c(-c3ccccc3)n2)cc1. The molecule has 0 unspecified atom stereocenters. The predicted octanol–water partition coefficient (Wildman–Crippen LogP) is 3.41. The van der Waals surface area contributed by atoms with Crippen LogP contribution in [0.25, 0.3) is 11.4 Å². The molecule has 0 aliphatic rings. The summed E-state index contributed by atoms with van der Waals surface area (Å²) in [6.45, 7) is 1.50. The van der Waals surface area contributed by atoms with Crippen LogP contribution in [0.2, 0.25) is 0 Å². The lowest BCUT2D eigenvalue weighted by Crippen LogP contribution is -2.14. The van der Waals surface area contributed by atoms with Gasteiger partial charge in [0.05, 0.1) is 5.75 Å². The largest absolute Gasteiger partial charge is 0.325 e. The standard InChI is InChI=1S/C18H16N4O2S/c1-12(23)13-7-9-15(10-8-13)19-16(24)11-25-18-20-17(21-22-18)14-5-3-2-4-6-14/h2-10H,11H2,1H3,(H,19,24)(H,20,21,22). The van der Waals surface area contributed by atoms with Crippen LogP contribution in [0.4, 0.5) is 5.69 Å². The van der Waals surface area contributed by atoms with Gasteiger partial charge in [-0.05, 0) is 31.2 Å². The summed E-state index contributed by atoms with van der Waals surface area (Å²) in [5, 5.41) is 10.3. The van der Waals surface area contributed by atoms with E-state index in [-0.39, 0.29) is 17.4 Å². The smallest absolute Gasteiger partial charge is 0.234 e. The number of anilines is 1. The average molecular weight is 352 g/mol. The molecule has 0 spiro atoms. The second kappa shape index (κ2) is 7.76. The number of ketones is 1. The van der Waals surface area contributed by atoms with E-state index in [1.165, 1.54) is 18.7 Å². The highest BCUT2D eigenvalue weighted by Gasteiger charge is 2.09. The van der Waals surface area contributed by atoms with Crippen molar-refractivity contribution in [3.63, 3.8) is 0 Å². The van der Waals surface area contributed by atoms with Gasteiger partial charge in [-0.3, -0.25) is 14.7 Å². The molecule has 126 valence electrons. The van der Waals surface area contributed by atoms with Gasteiger partial charge in [-0.1, -0.05) is 42.1 Å². The Morgan fingerprint density at radius 3 is 2.48 bits per heavy atom. The van der Waals surface area contributed by atoms with Gasteiger partial charge in [0, 0.05) is 16.8 Å². The van der Waals surface area contributed by atoms with E-state index >= 15 is 0 Å². The summed E-state index contributed by atoms with van der Waals surface area (Å²) in [5.74, 6) is 0.697. The van der Waals surface area contributed by atoms with Crippen molar-refractivity contribution in [3.05, 3.63) is 60.2 Å². The molecule has 1 amide bonds. The number of Topliss-reactive ketones (excluding diaryl/α,β-unsaturated/α-hetero) is 1. The van der Waals surface area contributed by atoms with Gasteiger partial charge in [-0.25, -0.2) is 4.98 Å². The van der Waals surface area contributed by atoms with Crippen molar-refractivity contribution >= 4 is 29.1 Å². The van der Waals surface area contributed by atoms with Crippen LogP contribution in [0, 0.1) is 0 Å². The topological polar surface area (TPSA) is 87.7 Å². The number of amides is 1. The highest BCUT2D eigenvalue weighted by Crippen LogP contribution is 2.19. The molecule has 3 aromatic rings. The molecule has 0 aliphatic carbocycles. The molecular formula is C18H16N4O2S. The van der Waals surface area contributed by atoms with Crippen molar-refractivity contribution in [2.75, 3.05) is 11.1 Å². The molecule has 0 fully saturated rings. The Balaban J connectivity index is 1.54. The first-order valence-electron chi connectivity index (χ1n) is 7.63. The van der Waals surface area contributed by atoms with Crippen molar-refractivity contribution in [2.45, 2.75) is 12.1 Å². The number of thioether (sulfide) groups is 1. The number of hydrogen-bond donors (Lipinski definition) is 2. The van der Waals surface area contributed by atoms with Crippen LogP contribution < -0.4 is 5.32 Å². The van der Waals surface area contributed by atoms with E-state index in [2.05, 4.69) is 20.5 Å². The first-order valence-corrected chi connectivity index (χ1v) is 8.62. The zero-order chi connectivity index (χ0) is 17.6. The lowest BCUT2D eigenvalue weighted by atomic mass is 10.1. The molecule has 2 N–H and O–H groups in total. The second-order valence-electron chi connectivity index (χ2n) is 5.30. The van der Waals surface area contributed by atoms with Crippen LogP contribution >= 0.6 is 11.8 Å². The fourth-order valence-corrected chi connectivity index (χ4v) is 2.75. The Labute approximate surface area is 149 Å². The first kappa shape index (κ1) is 16.9. The highest BCUT2D eigenvalue weighted by atomic mass is 32.2. The Hall–Kier alpha value is -2.93. The molecule has 0 radical (unpaired) electrons. The number of carbonyl (C=O) groups is 2. The number of aromatic amines is 1. The van der Waals surface area contributed by atoms with E-state index in [0.717, 1.165) is 5.56 Å². The number of benzene rings is 2. The van der Waals surface area contributed by atoms with E-state index in [1.807, 2.05) is 30.3 Å². The maximum absolute atomic E-state index is 12.0. The van der Waals surface area contributed by atoms with Crippen molar-refractivity contribution < 1.29 is 9.59 Å².